The zero-order valence-corrected chi connectivity index (χ0v) is 23.7. The second-order valence-electron chi connectivity index (χ2n) is 11.6. The fraction of sp³-hybridized carbons (Fsp3) is 0.333. The van der Waals surface area contributed by atoms with Crippen molar-refractivity contribution < 1.29 is 23.6 Å². The van der Waals surface area contributed by atoms with Crippen LogP contribution in [0.25, 0.3) is 32.9 Å². The third-order valence-electron chi connectivity index (χ3n) is 8.40. The number of rotatable bonds is 6. The Morgan fingerprint density at radius 2 is 1.78 bits per heavy atom. The van der Waals surface area contributed by atoms with E-state index < -0.39 is 11.5 Å². The molecule has 6 rings (SSSR count). The molecule has 3 N–H and O–H groups in total. The van der Waals surface area contributed by atoms with Crippen molar-refractivity contribution in [3.63, 3.8) is 0 Å². The molecule has 1 aliphatic rings. The van der Waals surface area contributed by atoms with Gasteiger partial charge >= 0.3 is 0 Å². The molecule has 3 heterocycles. The van der Waals surface area contributed by atoms with Crippen molar-refractivity contribution in [3.05, 3.63) is 88.6 Å². The lowest BCUT2D eigenvalue weighted by Crippen LogP contribution is -2.27. The first-order valence-electron chi connectivity index (χ1n) is 14.0. The highest BCUT2D eigenvalue weighted by molar-refractivity contribution is 6.19. The predicted molar refractivity (Wildman–Crippen MR) is 156 cm³/mol. The second kappa shape index (κ2) is 10.1. The molecule has 1 fully saturated rings. The van der Waals surface area contributed by atoms with E-state index in [0.717, 1.165) is 56.9 Å². The summed E-state index contributed by atoms with van der Waals surface area (Å²) >= 11 is 0. The molecule has 1 saturated heterocycles. The van der Waals surface area contributed by atoms with E-state index in [1.54, 1.807) is 13.8 Å². The van der Waals surface area contributed by atoms with Gasteiger partial charge in [-0.1, -0.05) is 29.4 Å². The summed E-state index contributed by atoms with van der Waals surface area (Å²) in [7, 11) is 0. The summed E-state index contributed by atoms with van der Waals surface area (Å²) in [6.45, 7) is 8.48. The molecule has 0 spiro atoms. The third kappa shape index (κ3) is 4.71. The molecule has 0 aliphatic carbocycles. The van der Waals surface area contributed by atoms with E-state index in [1.807, 2.05) is 50.2 Å². The van der Waals surface area contributed by atoms with E-state index in [0.29, 0.717) is 30.2 Å². The molecule has 0 radical (unpaired) electrons. The Morgan fingerprint density at radius 3 is 2.39 bits per heavy atom. The first-order valence-corrected chi connectivity index (χ1v) is 14.0. The van der Waals surface area contributed by atoms with E-state index in [2.05, 4.69) is 15.8 Å². The highest BCUT2D eigenvalue weighted by Crippen LogP contribution is 2.44. The van der Waals surface area contributed by atoms with Gasteiger partial charge in [-0.3, -0.25) is 4.79 Å². The third-order valence-corrected chi connectivity index (χ3v) is 8.40. The van der Waals surface area contributed by atoms with Gasteiger partial charge < -0.3 is 24.7 Å². The zero-order valence-electron chi connectivity index (χ0n) is 23.7. The van der Waals surface area contributed by atoms with Gasteiger partial charge in [0.2, 0.25) is 5.91 Å². The van der Waals surface area contributed by atoms with E-state index in [4.69, 9.17) is 15.0 Å². The average Bonchev–Trinajstić information content (AvgIpc) is 3.45. The molecule has 2 aromatic heterocycles. The van der Waals surface area contributed by atoms with Crippen LogP contribution >= 0.6 is 0 Å². The number of nitrogens with two attached hydrogens (primary N) is 1. The highest BCUT2D eigenvalue weighted by atomic mass is 19.1. The Bertz CT molecular complexity index is 1750. The van der Waals surface area contributed by atoms with Crippen molar-refractivity contribution in [1.29, 1.82) is 0 Å². The number of aromatic nitrogens is 2. The number of ether oxygens (including phenoxy) is 1. The number of nitrogens with zero attached hydrogens (tertiary/aromatic N) is 2. The normalized spacial score (nSPS) is 15.6. The fourth-order valence-corrected chi connectivity index (χ4v) is 6.41. The average molecular weight is 556 g/mol. The first-order chi connectivity index (χ1) is 19.5. The number of carbonyl (C=O) groups is 1. The molecule has 3 aromatic carbocycles. The Morgan fingerprint density at radius 1 is 1.07 bits per heavy atom. The number of aryl methyl sites for hydroxylation is 2. The standard InChI is InChI=1S/C33H34FN3O4/c1-18-29(19(2)41-36-18)22-15-26(32(35)38)30-25-10-7-23(33(3,4)39)17-27(25)37(28(30)16-22)31(21-11-13-40-14-12-21)20-5-8-24(34)9-6-20/h5-10,15-17,21,31,39H,11-14H2,1-4H3,(H2,35,38)/t31-/m1/s1. The Balaban J connectivity index is 1.77. The molecule has 1 aliphatic heterocycles. The summed E-state index contributed by atoms with van der Waals surface area (Å²) in [5, 5.41) is 16.7. The number of aliphatic hydroxyl groups is 1. The van der Waals surface area contributed by atoms with Gasteiger partial charge in [-0.05, 0) is 93.5 Å². The van der Waals surface area contributed by atoms with Gasteiger partial charge in [0.05, 0.1) is 28.4 Å². The van der Waals surface area contributed by atoms with Crippen LogP contribution in [0, 0.1) is 25.6 Å². The molecule has 5 aromatic rings. The Hall–Kier alpha value is -4.01. The van der Waals surface area contributed by atoms with Crippen molar-refractivity contribution in [2.75, 3.05) is 13.2 Å². The molecule has 41 heavy (non-hydrogen) atoms. The van der Waals surface area contributed by atoms with Crippen LogP contribution < -0.4 is 5.73 Å². The fourth-order valence-electron chi connectivity index (χ4n) is 6.41. The van der Waals surface area contributed by atoms with Gasteiger partial charge in [0.25, 0.3) is 0 Å². The van der Waals surface area contributed by atoms with Crippen molar-refractivity contribution in [2.24, 2.45) is 11.7 Å². The minimum Gasteiger partial charge on any atom is -0.386 e. The van der Waals surface area contributed by atoms with Gasteiger partial charge in [0.15, 0.2) is 0 Å². The van der Waals surface area contributed by atoms with Crippen LogP contribution in [-0.4, -0.2) is 34.0 Å². The molecule has 8 heteroatoms. The minimum atomic E-state index is -1.09. The van der Waals surface area contributed by atoms with Gasteiger partial charge in [-0.2, -0.15) is 0 Å². The topological polar surface area (TPSA) is 104 Å². The zero-order chi connectivity index (χ0) is 29.1. The van der Waals surface area contributed by atoms with E-state index in [-0.39, 0.29) is 17.8 Å². The molecule has 0 unspecified atom stereocenters. The van der Waals surface area contributed by atoms with Crippen LogP contribution in [0.1, 0.15) is 65.7 Å². The largest absolute Gasteiger partial charge is 0.386 e. The van der Waals surface area contributed by atoms with E-state index in [9.17, 15) is 14.3 Å². The number of primary amides is 1. The lowest BCUT2D eigenvalue weighted by Gasteiger charge is -2.33. The molecule has 1 atom stereocenters. The van der Waals surface area contributed by atoms with Crippen LogP contribution in [0.5, 0.6) is 0 Å². The van der Waals surface area contributed by atoms with Crippen LogP contribution in [0.3, 0.4) is 0 Å². The van der Waals surface area contributed by atoms with Crippen LogP contribution in [0.15, 0.2) is 59.1 Å². The molecular weight excluding hydrogens is 521 g/mol. The number of halogens is 1. The van der Waals surface area contributed by atoms with E-state index in [1.165, 1.54) is 12.1 Å². The molecule has 1 amide bonds. The number of benzene rings is 3. The maximum atomic E-state index is 14.1. The number of fused-ring (bicyclic) bond motifs is 3. The molecule has 7 nitrogen and oxygen atoms in total. The summed E-state index contributed by atoms with van der Waals surface area (Å²) in [6, 6.07) is 16.2. The number of amides is 1. The maximum absolute atomic E-state index is 14.1. The molecule has 0 bridgehead atoms. The minimum absolute atomic E-state index is 0.179. The summed E-state index contributed by atoms with van der Waals surface area (Å²) < 4.78 is 27.6. The van der Waals surface area contributed by atoms with Crippen molar-refractivity contribution in [2.45, 2.75) is 52.2 Å². The van der Waals surface area contributed by atoms with Crippen LogP contribution in [-0.2, 0) is 10.3 Å². The number of carbonyl (C=O) groups excluding carboxylic acids is 1. The number of hydrogen-bond acceptors (Lipinski definition) is 5. The quantitative estimate of drug-likeness (QED) is 0.247. The Kier molecular flexibility index (Phi) is 6.71. The van der Waals surface area contributed by atoms with Crippen molar-refractivity contribution in [3.8, 4) is 11.1 Å². The monoisotopic (exact) mass is 555 g/mol. The highest BCUT2D eigenvalue weighted by Gasteiger charge is 2.32. The summed E-state index contributed by atoms with van der Waals surface area (Å²) in [6.07, 6.45) is 1.64. The second-order valence-corrected chi connectivity index (χ2v) is 11.6. The van der Waals surface area contributed by atoms with Crippen molar-refractivity contribution >= 4 is 27.7 Å². The van der Waals surface area contributed by atoms with Gasteiger partial charge in [-0.15, -0.1) is 0 Å². The van der Waals surface area contributed by atoms with Crippen LogP contribution in [0.2, 0.25) is 0 Å². The lowest BCUT2D eigenvalue weighted by atomic mass is 9.86. The van der Waals surface area contributed by atoms with Gasteiger partial charge in [0, 0.05) is 35.1 Å². The van der Waals surface area contributed by atoms with Gasteiger partial charge in [0.1, 0.15) is 11.6 Å². The molecular formula is C33H34FN3O4. The molecule has 0 saturated carbocycles. The lowest BCUT2D eigenvalue weighted by molar-refractivity contribution is 0.0552. The van der Waals surface area contributed by atoms with E-state index >= 15 is 0 Å². The summed E-state index contributed by atoms with van der Waals surface area (Å²) in [4.78, 5) is 13.0. The maximum Gasteiger partial charge on any atom is 0.249 e. The summed E-state index contributed by atoms with van der Waals surface area (Å²) in [5.74, 6) is -0.0244. The first kappa shape index (κ1) is 27.2. The van der Waals surface area contributed by atoms with Gasteiger partial charge in [-0.25, -0.2) is 4.39 Å². The summed E-state index contributed by atoms with van der Waals surface area (Å²) in [5.41, 5.74) is 11.0. The Labute approximate surface area is 237 Å². The predicted octanol–water partition coefficient (Wildman–Crippen LogP) is 6.55. The smallest absolute Gasteiger partial charge is 0.249 e. The SMILES string of the molecule is Cc1noc(C)c1-c1cc(C(N)=O)c2c3ccc(C(C)(C)O)cc3n([C@H](c3ccc(F)cc3)C3CCOCC3)c2c1. The van der Waals surface area contributed by atoms with Crippen molar-refractivity contribution in [1.82, 2.24) is 9.72 Å². The van der Waals surface area contributed by atoms with Crippen LogP contribution in [0.4, 0.5) is 4.39 Å². The number of hydrogen-bond donors (Lipinski definition) is 2. The molecule has 212 valence electrons.